The monoisotopic (exact) mass is 567 g/mol. The molecule has 2 aromatic heterocycles. The molecule has 0 amide bonds. The van der Waals surface area contributed by atoms with Crippen LogP contribution < -0.4 is 10.1 Å². The number of hydrogen-bond donors (Lipinski definition) is 2. The van der Waals surface area contributed by atoms with Crippen LogP contribution >= 0.6 is 0 Å². The molecule has 42 heavy (non-hydrogen) atoms. The standard InChI is InChI=1S/C31H23F2N5O4/c32-23-12-18(15-34)4-5-21(23)17-42-29-3-1-2-25(35-29)19-6-8-26(24(33)13-19)36-31-37-27-9-7-20(30(39)40)14-28(27)38(31)16-22-10-11-41-22/h1-9,12-14,22H,10-11,16-17H2,(H,36,37)(H,39,40)/t22-/m0/s1. The van der Waals surface area contributed by atoms with Crippen LogP contribution in [0.25, 0.3) is 22.3 Å². The first kappa shape index (κ1) is 26.9. The molecule has 1 aliphatic heterocycles. The van der Waals surface area contributed by atoms with E-state index in [9.17, 15) is 14.3 Å². The predicted octanol–water partition coefficient (Wildman–Crippen LogP) is 6.06. The third kappa shape index (κ3) is 5.48. The lowest BCUT2D eigenvalue weighted by atomic mass is 10.1. The van der Waals surface area contributed by atoms with Crippen LogP contribution in [0.15, 0.2) is 72.8 Å². The first-order valence-electron chi connectivity index (χ1n) is 13.1. The fourth-order valence-corrected chi connectivity index (χ4v) is 4.61. The van der Waals surface area contributed by atoms with E-state index in [1.165, 1.54) is 24.3 Å². The molecule has 3 aromatic carbocycles. The van der Waals surface area contributed by atoms with Crippen molar-refractivity contribution in [3.05, 3.63) is 101 Å². The number of fused-ring (bicyclic) bond motifs is 1. The number of carbonyl (C=O) groups is 1. The van der Waals surface area contributed by atoms with E-state index >= 15 is 4.39 Å². The molecule has 6 rings (SSSR count). The number of nitriles is 1. The summed E-state index contributed by atoms with van der Waals surface area (Å²) in [6.07, 6.45) is 0.816. The van der Waals surface area contributed by atoms with Crippen molar-refractivity contribution in [2.45, 2.75) is 25.7 Å². The van der Waals surface area contributed by atoms with E-state index < -0.39 is 17.6 Å². The number of nitrogens with zero attached hydrogens (tertiary/aromatic N) is 4. The maximum Gasteiger partial charge on any atom is 0.335 e. The molecule has 0 unspecified atom stereocenters. The summed E-state index contributed by atoms with van der Waals surface area (Å²) in [6.45, 7) is 1.000. The smallest absolute Gasteiger partial charge is 0.335 e. The number of anilines is 2. The molecule has 1 saturated heterocycles. The van der Waals surface area contributed by atoms with Gasteiger partial charge in [-0.1, -0.05) is 18.2 Å². The van der Waals surface area contributed by atoms with Crippen molar-refractivity contribution < 1.29 is 28.2 Å². The number of benzene rings is 3. The molecule has 1 fully saturated rings. The van der Waals surface area contributed by atoms with E-state index in [4.69, 9.17) is 14.7 Å². The highest BCUT2D eigenvalue weighted by molar-refractivity contribution is 5.93. The Kier molecular flexibility index (Phi) is 7.21. The van der Waals surface area contributed by atoms with Gasteiger partial charge in [-0.05, 0) is 55.0 Å². The first-order valence-corrected chi connectivity index (χ1v) is 13.1. The number of halogens is 2. The van der Waals surface area contributed by atoms with E-state index in [0.717, 1.165) is 12.5 Å². The Bertz CT molecular complexity index is 1860. The van der Waals surface area contributed by atoms with Gasteiger partial charge in [-0.25, -0.2) is 23.5 Å². The molecule has 1 aliphatic rings. The fourth-order valence-electron chi connectivity index (χ4n) is 4.61. The van der Waals surface area contributed by atoms with Crippen LogP contribution in [0.5, 0.6) is 5.88 Å². The zero-order valence-corrected chi connectivity index (χ0v) is 22.1. The van der Waals surface area contributed by atoms with Crippen LogP contribution in [0.1, 0.15) is 27.9 Å². The molecule has 5 aromatic rings. The zero-order chi connectivity index (χ0) is 29.2. The van der Waals surface area contributed by atoms with Crippen molar-refractivity contribution in [1.82, 2.24) is 14.5 Å². The molecular formula is C31H23F2N5O4. The van der Waals surface area contributed by atoms with Crippen molar-refractivity contribution in [3.63, 3.8) is 0 Å². The van der Waals surface area contributed by atoms with Gasteiger partial charge in [0.1, 0.15) is 18.2 Å². The molecule has 0 spiro atoms. The maximum atomic E-state index is 15.4. The number of nitrogens with one attached hydrogen (secondary N) is 1. The van der Waals surface area contributed by atoms with Crippen molar-refractivity contribution in [2.75, 3.05) is 11.9 Å². The van der Waals surface area contributed by atoms with Gasteiger partial charge in [0.15, 0.2) is 0 Å². The molecule has 1 atom stereocenters. The second-order valence-corrected chi connectivity index (χ2v) is 9.72. The minimum absolute atomic E-state index is 0.0439. The van der Waals surface area contributed by atoms with Gasteiger partial charge in [-0.2, -0.15) is 5.26 Å². The van der Waals surface area contributed by atoms with E-state index in [2.05, 4.69) is 15.3 Å². The number of hydrogen-bond acceptors (Lipinski definition) is 7. The van der Waals surface area contributed by atoms with Crippen molar-refractivity contribution in [1.29, 1.82) is 5.26 Å². The normalized spacial score (nSPS) is 14.3. The molecule has 9 nitrogen and oxygen atoms in total. The van der Waals surface area contributed by atoms with Crippen molar-refractivity contribution in [2.24, 2.45) is 0 Å². The lowest BCUT2D eigenvalue weighted by molar-refractivity contribution is -0.0583. The largest absolute Gasteiger partial charge is 0.478 e. The van der Waals surface area contributed by atoms with E-state index in [-0.39, 0.29) is 41.0 Å². The van der Waals surface area contributed by atoms with Crippen LogP contribution in [0.4, 0.5) is 20.4 Å². The third-order valence-electron chi connectivity index (χ3n) is 6.97. The quantitative estimate of drug-likeness (QED) is 0.221. The summed E-state index contributed by atoms with van der Waals surface area (Å²) in [5, 5.41) is 21.4. The lowest BCUT2D eigenvalue weighted by Gasteiger charge is -2.27. The molecule has 210 valence electrons. The predicted molar refractivity (Wildman–Crippen MR) is 149 cm³/mol. The number of carboxylic acid groups (broad SMARTS) is 1. The molecular weight excluding hydrogens is 544 g/mol. The summed E-state index contributed by atoms with van der Waals surface area (Å²) in [5.41, 5.74) is 2.91. The summed E-state index contributed by atoms with van der Waals surface area (Å²) in [5.74, 6) is -1.56. The summed E-state index contributed by atoms with van der Waals surface area (Å²) in [7, 11) is 0. The van der Waals surface area contributed by atoms with Crippen molar-refractivity contribution >= 4 is 28.6 Å². The number of ether oxygens (including phenoxy) is 2. The van der Waals surface area contributed by atoms with Crippen LogP contribution in [0, 0.1) is 23.0 Å². The Morgan fingerprint density at radius 1 is 1.10 bits per heavy atom. The number of aromatic nitrogens is 3. The second-order valence-electron chi connectivity index (χ2n) is 9.72. The van der Waals surface area contributed by atoms with Crippen molar-refractivity contribution in [3.8, 4) is 23.2 Å². The van der Waals surface area contributed by atoms with Crippen LogP contribution in [-0.4, -0.2) is 38.3 Å². The average Bonchev–Trinajstić information content (AvgIpc) is 3.31. The van der Waals surface area contributed by atoms with E-state index in [0.29, 0.717) is 41.4 Å². The minimum atomic E-state index is -1.05. The summed E-state index contributed by atoms with van der Waals surface area (Å²) in [6, 6.07) is 20.3. The Balaban J connectivity index is 1.23. The first-order chi connectivity index (χ1) is 20.4. The molecule has 2 N–H and O–H groups in total. The van der Waals surface area contributed by atoms with Gasteiger partial charge < -0.3 is 24.5 Å². The molecule has 0 aliphatic carbocycles. The van der Waals surface area contributed by atoms with Crippen LogP contribution in [-0.2, 0) is 17.9 Å². The maximum absolute atomic E-state index is 15.4. The Morgan fingerprint density at radius 3 is 2.67 bits per heavy atom. The third-order valence-corrected chi connectivity index (χ3v) is 6.97. The Labute approximate surface area is 238 Å². The molecule has 0 saturated carbocycles. The van der Waals surface area contributed by atoms with Gasteiger partial charge in [0.25, 0.3) is 0 Å². The van der Waals surface area contributed by atoms with Crippen LogP contribution in [0.3, 0.4) is 0 Å². The zero-order valence-electron chi connectivity index (χ0n) is 22.1. The SMILES string of the molecule is N#Cc1ccc(COc2cccc(-c3ccc(Nc4nc5ccc(C(=O)O)cc5n4C[C@@H]4CCO4)c(F)c3)n2)c(F)c1. The Morgan fingerprint density at radius 2 is 1.95 bits per heavy atom. The van der Waals surface area contributed by atoms with Gasteiger partial charge in [-0.15, -0.1) is 0 Å². The summed E-state index contributed by atoms with van der Waals surface area (Å²) >= 11 is 0. The summed E-state index contributed by atoms with van der Waals surface area (Å²) in [4.78, 5) is 20.5. The van der Waals surface area contributed by atoms with E-state index in [1.807, 2.05) is 6.07 Å². The van der Waals surface area contributed by atoms with Gasteiger partial charge in [-0.3, -0.25) is 0 Å². The molecule has 3 heterocycles. The highest BCUT2D eigenvalue weighted by Gasteiger charge is 2.23. The minimum Gasteiger partial charge on any atom is -0.478 e. The number of imidazole rings is 1. The topological polar surface area (TPSA) is 122 Å². The number of pyridine rings is 1. The number of carboxylic acids is 1. The Hall–Kier alpha value is -5.34. The highest BCUT2D eigenvalue weighted by Crippen LogP contribution is 2.30. The fraction of sp³-hybridized carbons (Fsp3) is 0.161. The van der Waals surface area contributed by atoms with Gasteiger partial charge in [0.2, 0.25) is 11.8 Å². The molecule has 0 bridgehead atoms. The molecule has 0 radical (unpaired) electrons. The number of aromatic carboxylic acids is 1. The lowest BCUT2D eigenvalue weighted by Crippen LogP contribution is -2.31. The van der Waals surface area contributed by atoms with Gasteiger partial charge in [0.05, 0.1) is 52.3 Å². The summed E-state index contributed by atoms with van der Waals surface area (Å²) < 4.78 is 42.6. The average molecular weight is 568 g/mol. The van der Waals surface area contributed by atoms with Crippen LogP contribution in [0.2, 0.25) is 0 Å². The highest BCUT2D eigenvalue weighted by atomic mass is 19.1. The van der Waals surface area contributed by atoms with Gasteiger partial charge in [0, 0.05) is 23.8 Å². The number of rotatable bonds is 9. The molecule has 11 heteroatoms. The van der Waals surface area contributed by atoms with Gasteiger partial charge >= 0.3 is 5.97 Å². The van der Waals surface area contributed by atoms with E-state index in [1.54, 1.807) is 47.0 Å². The second kappa shape index (κ2) is 11.3.